The summed E-state index contributed by atoms with van der Waals surface area (Å²) in [6.07, 6.45) is -3.72. The maximum atomic E-state index is 11.2. The van der Waals surface area contributed by atoms with E-state index in [-0.39, 0.29) is 32.6 Å². The molecule has 0 unspecified atom stereocenters. The van der Waals surface area contributed by atoms with Crippen LogP contribution in [0.15, 0.2) is 0 Å². The molecule has 0 radical (unpaired) electrons. The van der Waals surface area contributed by atoms with Gasteiger partial charge in [0.2, 0.25) is 0 Å². The summed E-state index contributed by atoms with van der Waals surface area (Å²) in [5.41, 5.74) is 0. The first-order chi connectivity index (χ1) is 3.56. The van der Waals surface area contributed by atoms with E-state index in [0.717, 1.165) is 0 Å². The molecule has 0 aromatic carbocycles. The Kier molecular flexibility index (Phi) is 7.49. The van der Waals surface area contributed by atoms with Gasteiger partial charge in [-0.25, -0.2) is 0 Å². The van der Waals surface area contributed by atoms with E-state index < -0.39 is 12.6 Å². The van der Waals surface area contributed by atoms with Crippen LogP contribution in [-0.4, -0.2) is 6.18 Å². The Bertz CT molecular complexity index is 59.7. The molecule has 0 heterocycles. The molecule has 0 saturated carbocycles. The van der Waals surface area contributed by atoms with Crippen molar-refractivity contribution in [2.45, 2.75) is 32.4 Å². The zero-order valence-corrected chi connectivity index (χ0v) is 7.71. The minimum atomic E-state index is -3.95. The topological polar surface area (TPSA) is 0 Å². The molecular formula is C5H9F3Zr+2. The minimum absolute atomic E-state index is 0. The van der Waals surface area contributed by atoms with Gasteiger partial charge in [0, 0.05) is 6.42 Å². The second kappa shape index (κ2) is 5.46. The third kappa shape index (κ3) is 12.0. The molecule has 0 atom stereocenters. The Hall–Kier alpha value is 0.673. The van der Waals surface area contributed by atoms with Gasteiger partial charge in [-0.2, -0.15) is 13.2 Å². The number of rotatable bonds is 2. The van der Waals surface area contributed by atoms with Crippen LogP contribution < -0.4 is 0 Å². The Morgan fingerprint density at radius 3 is 1.78 bits per heavy atom. The average Bonchev–Trinajstić information content (AvgIpc) is 1.59. The summed E-state index contributed by atoms with van der Waals surface area (Å²) in [5.74, 6) is 0. The van der Waals surface area contributed by atoms with Crippen molar-refractivity contribution in [1.29, 1.82) is 0 Å². The second-order valence-corrected chi connectivity index (χ2v) is 1.72. The third-order valence-corrected chi connectivity index (χ3v) is 0.814. The zero-order chi connectivity index (χ0) is 6.62. The van der Waals surface area contributed by atoms with Crippen molar-refractivity contribution in [3.8, 4) is 0 Å². The molecule has 0 N–H and O–H groups in total. The minimum Gasteiger partial charge on any atom is -0.171 e. The van der Waals surface area contributed by atoms with E-state index in [1.54, 1.807) is 6.92 Å². The molecule has 0 bridgehead atoms. The van der Waals surface area contributed by atoms with Crippen LogP contribution in [0, 0.1) is 0 Å². The monoisotopic (exact) mass is 216 g/mol. The van der Waals surface area contributed by atoms with Crippen LogP contribution in [0.25, 0.3) is 0 Å². The number of hydrogen-bond donors (Lipinski definition) is 0. The molecule has 0 aliphatic heterocycles. The van der Waals surface area contributed by atoms with Gasteiger partial charge >= 0.3 is 32.4 Å². The summed E-state index contributed by atoms with van der Waals surface area (Å²) < 4.78 is 33.7. The molecule has 0 nitrogen and oxygen atoms in total. The summed E-state index contributed by atoms with van der Waals surface area (Å²) in [6.45, 7) is 1.74. The Labute approximate surface area is 71.9 Å². The predicted octanol–water partition coefficient (Wildman–Crippen LogP) is 2.74. The Balaban J connectivity index is 0. The quantitative estimate of drug-likeness (QED) is 0.667. The van der Waals surface area contributed by atoms with Crippen LogP contribution in [0.2, 0.25) is 0 Å². The van der Waals surface area contributed by atoms with Crippen molar-refractivity contribution in [1.82, 2.24) is 0 Å². The molecule has 0 fully saturated rings. The van der Waals surface area contributed by atoms with Crippen LogP contribution in [0.1, 0.15) is 26.2 Å². The maximum absolute atomic E-state index is 11.2. The third-order valence-electron chi connectivity index (χ3n) is 0.814. The maximum Gasteiger partial charge on any atom is 2.00 e. The van der Waals surface area contributed by atoms with Gasteiger partial charge in [-0.05, 0) is 6.42 Å². The van der Waals surface area contributed by atoms with E-state index in [2.05, 4.69) is 0 Å². The number of alkyl halides is 3. The first-order valence-corrected chi connectivity index (χ1v) is 2.63. The van der Waals surface area contributed by atoms with Gasteiger partial charge in [0.05, 0.1) is 0 Å². The molecule has 0 amide bonds. The van der Waals surface area contributed by atoms with Crippen LogP contribution in [-0.2, 0) is 26.2 Å². The second-order valence-electron chi connectivity index (χ2n) is 1.72. The summed E-state index contributed by atoms with van der Waals surface area (Å²) in [7, 11) is 0. The fourth-order valence-corrected chi connectivity index (χ4v) is 0.377. The van der Waals surface area contributed by atoms with Gasteiger partial charge in [-0.3, -0.25) is 0 Å². The number of hydrogen-bond acceptors (Lipinski definition) is 0. The molecular weight excluding hydrogens is 208 g/mol. The summed E-state index contributed by atoms with van der Waals surface area (Å²) in [4.78, 5) is 0. The van der Waals surface area contributed by atoms with E-state index in [9.17, 15) is 13.2 Å². The summed E-state index contributed by atoms with van der Waals surface area (Å²) >= 11 is 0. The normalized spacial score (nSPS) is 10.7. The standard InChI is InChI=1S/C5H9F3.Zr/c1-2-3-4-5(6,7)8;/h2-4H2,1H3;/q;+2. The van der Waals surface area contributed by atoms with Crippen LogP contribution in [0.3, 0.4) is 0 Å². The smallest absolute Gasteiger partial charge is 0.171 e. The van der Waals surface area contributed by atoms with E-state index in [1.165, 1.54) is 0 Å². The molecule has 0 spiro atoms. The zero-order valence-electron chi connectivity index (χ0n) is 5.26. The molecule has 0 aromatic rings. The molecule has 0 aliphatic carbocycles. The molecule has 0 aliphatic rings. The fraction of sp³-hybridized carbons (Fsp3) is 1.00. The molecule has 9 heavy (non-hydrogen) atoms. The van der Waals surface area contributed by atoms with E-state index >= 15 is 0 Å². The Morgan fingerprint density at radius 1 is 1.22 bits per heavy atom. The van der Waals surface area contributed by atoms with Crippen LogP contribution >= 0.6 is 0 Å². The first kappa shape index (κ1) is 12.4. The van der Waals surface area contributed by atoms with Crippen molar-refractivity contribution in [3.05, 3.63) is 0 Å². The van der Waals surface area contributed by atoms with Gasteiger partial charge in [-0.15, -0.1) is 0 Å². The number of unbranched alkanes of at least 4 members (excludes halogenated alkanes) is 1. The van der Waals surface area contributed by atoms with Gasteiger partial charge < -0.3 is 0 Å². The predicted molar refractivity (Wildman–Crippen MR) is 25.6 cm³/mol. The molecule has 52 valence electrons. The van der Waals surface area contributed by atoms with E-state index in [0.29, 0.717) is 6.42 Å². The molecule has 0 rings (SSSR count). The van der Waals surface area contributed by atoms with Crippen LogP contribution in [0.4, 0.5) is 13.2 Å². The van der Waals surface area contributed by atoms with Crippen molar-refractivity contribution in [3.63, 3.8) is 0 Å². The number of halogens is 3. The van der Waals surface area contributed by atoms with Gasteiger partial charge in [-0.1, -0.05) is 13.3 Å². The molecule has 0 aromatic heterocycles. The summed E-state index contributed by atoms with van der Waals surface area (Å²) in [5, 5.41) is 0. The molecule has 4 heteroatoms. The van der Waals surface area contributed by atoms with Crippen molar-refractivity contribution >= 4 is 0 Å². The first-order valence-electron chi connectivity index (χ1n) is 2.63. The Morgan fingerprint density at radius 2 is 1.67 bits per heavy atom. The average molecular weight is 217 g/mol. The fourth-order valence-electron chi connectivity index (χ4n) is 0.377. The summed E-state index contributed by atoms with van der Waals surface area (Å²) in [6, 6.07) is 0. The van der Waals surface area contributed by atoms with Gasteiger partial charge in [0.15, 0.2) is 0 Å². The van der Waals surface area contributed by atoms with E-state index in [1.807, 2.05) is 0 Å². The van der Waals surface area contributed by atoms with Crippen molar-refractivity contribution in [2.75, 3.05) is 0 Å². The SMILES string of the molecule is CCCCC(F)(F)F.[Zr+2]. The van der Waals surface area contributed by atoms with E-state index in [4.69, 9.17) is 0 Å². The molecule has 0 saturated heterocycles. The van der Waals surface area contributed by atoms with Gasteiger partial charge in [0.1, 0.15) is 0 Å². The van der Waals surface area contributed by atoms with Crippen molar-refractivity contribution < 1.29 is 39.4 Å². The largest absolute Gasteiger partial charge is 2.00 e. The van der Waals surface area contributed by atoms with Crippen LogP contribution in [0.5, 0.6) is 0 Å². The van der Waals surface area contributed by atoms with Crippen molar-refractivity contribution in [2.24, 2.45) is 0 Å². The van der Waals surface area contributed by atoms with Gasteiger partial charge in [0.25, 0.3) is 0 Å².